The lowest BCUT2D eigenvalue weighted by Crippen LogP contribution is -2.08. The molecule has 3 nitrogen and oxygen atoms in total. The van der Waals surface area contributed by atoms with E-state index in [4.69, 9.17) is 16.7 Å². The minimum absolute atomic E-state index is 0.0541. The van der Waals surface area contributed by atoms with E-state index in [1.807, 2.05) is 0 Å². The van der Waals surface area contributed by atoms with E-state index in [1.54, 1.807) is 12.1 Å². The Kier molecular flexibility index (Phi) is 3.06. The van der Waals surface area contributed by atoms with Crippen LogP contribution < -0.4 is 0 Å². The molecule has 1 saturated carbocycles. The highest BCUT2D eigenvalue weighted by Crippen LogP contribution is 2.47. The van der Waals surface area contributed by atoms with E-state index in [0.29, 0.717) is 16.5 Å². The molecule has 1 aromatic rings. The van der Waals surface area contributed by atoms with Crippen molar-refractivity contribution in [1.82, 2.24) is 0 Å². The predicted molar refractivity (Wildman–Crippen MR) is 60.8 cm³/mol. The van der Waals surface area contributed by atoms with Gasteiger partial charge in [-0.05, 0) is 42.5 Å². The van der Waals surface area contributed by atoms with Crippen molar-refractivity contribution in [2.75, 3.05) is 0 Å². The summed E-state index contributed by atoms with van der Waals surface area (Å²) >= 11 is 5.86. The molecule has 0 amide bonds. The number of carboxylic acid groups (broad SMARTS) is 1. The van der Waals surface area contributed by atoms with E-state index in [0.717, 1.165) is 12.8 Å². The number of benzene rings is 1. The first-order valence-corrected chi connectivity index (χ1v) is 5.66. The zero-order valence-electron chi connectivity index (χ0n) is 8.69. The Labute approximate surface area is 98.7 Å². The van der Waals surface area contributed by atoms with E-state index < -0.39 is 5.97 Å². The first-order valence-electron chi connectivity index (χ1n) is 5.28. The third-order valence-corrected chi connectivity index (χ3v) is 3.21. The van der Waals surface area contributed by atoms with Gasteiger partial charge in [-0.25, -0.2) is 0 Å². The number of carbonyl (C=O) groups is 1. The molecule has 0 saturated heterocycles. The SMILES string of the molecule is O=C(O)CC(c1cc(Cl)ccc1O)C1CC1. The molecule has 1 aliphatic rings. The molecule has 0 bridgehead atoms. The first-order chi connectivity index (χ1) is 7.58. The molecule has 0 heterocycles. The summed E-state index contributed by atoms with van der Waals surface area (Å²) in [4.78, 5) is 10.8. The van der Waals surface area contributed by atoms with Crippen molar-refractivity contribution >= 4 is 17.6 Å². The second-order valence-corrected chi connectivity index (χ2v) is 4.68. The van der Waals surface area contributed by atoms with Crippen LogP contribution in [0.25, 0.3) is 0 Å². The summed E-state index contributed by atoms with van der Waals surface area (Å²) in [7, 11) is 0. The van der Waals surface area contributed by atoms with Crippen LogP contribution in [-0.2, 0) is 4.79 Å². The van der Waals surface area contributed by atoms with Gasteiger partial charge >= 0.3 is 5.97 Å². The van der Waals surface area contributed by atoms with Crippen LogP contribution >= 0.6 is 11.6 Å². The number of phenols is 1. The number of hydrogen-bond acceptors (Lipinski definition) is 2. The molecule has 1 aliphatic carbocycles. The highest BCUT2D eigenvalue weighted by Gasteiger charge is 2.35. The molecule has 86 valence electrons. The van der Waals surface area contributed by atoms with Gasteiger partial charge in [0.25, 0.3) is 0 Å². The standard InChI is InChI=1S/C12H13ClO3/c13-8-3-4-11(14)10(5-8)9(6-12(15)16)7-1-2-7/h3-5,7,9,14H,1-2,6H2,(H,15,16). The maximum Gasteiger partial charge on any atom is 0.303 e. The van der Waals surface area contributed by atoms with Crippen molar-refractivity contribution in [3.8, 4) is 5.75 Å². The van der Waals surface area contributed by atoms with Gasteiger partial charge in [0.05, 0.1) is 6.42 Å². The zero-order chi connectivity index (χ0) is 11.7. The molecular formula is C12H13ClO3. The van der Waals surface area contributed by atoms with Crippen molar-refractivity contribution in [1.29, 1.82) is 0 Å². The second-order valence-electron chi connectivity index (χ2n) is 4.24. The number of rotatable bonds is 4. The van der Waals surface area contributed by atoms with Gasteiger partial charge in [0.2, 0.25) is 0 Å². The average molecular weight is 241 g/mol. The van der Waals surface area contributed by atoms with Crippen molar-refractivity contribution in [2.24, 2.45) is 5.92 Å². The van der Waals surface area contributed by atoms with Crippen LogP contribution in [0.4, 0.5) is 0 Å². The normalized spacial score (nSPS) is 17.1. The average Bonchev–Trinajstić information content (AvgIpc) is 3.02. The maximum absolute atomic E-state index is 10.8. The largest absolute Gasteiger partial charge is 0.508 e. The molecule has 1 atom stereocenters. The van der Waals surface area contributed by atoms with Gasteiger partial charge in [-0.2, -0.15) is 0 Å². The highest BCUT2D eigenvalue weighted by atomic mass is 35.5. The van der Waals surface area contributed by atoms with E-state index >= 15 is 0 Å². The molecule has 0 spiro atoms. The van der Waals surface area contributed by atoms with Gasteiger partial charge < -0.3 is 10.2 Å². The van der Waals surface area contributed by atoms with Crippen LogP contribution in [0.15, 0.2) is 18.2 Å². The van der Waals surface area contributed by atoms with Gasteiger partial charge in [0.1, 0.15) is 5.75 Å². The number of aromatic hydroxyl groups is 1. The maximum atomic E-state index is 10.8. The van der Waals surface area contributed by atoms with E-state index in [9.17, 15) is 9.90 Å². The number of carboxylic acids is 1. The van der Waals surface area contributed by atoms with Gasteiger partial charge in [0.15, 0.2) is 0 Å². The molecule has 1 aromatic carbocycles. The molecule has 1 unspecified atom stereocenters. The van der Waals surface area contributed by atoms with Crippen molar-refractivity contribution in [2.45, 2.75) is 25.2 Å². The number of halogens is 1. The fraction of sp³-hybridized carbons (Fsp3) is 0.417. The van der Waals surface area contributed by atoms with Crippen LogP contribution in [0.1, 0.15) is 30.7 Å². The Balaban J connectivity index is 2.30. The van der Waals surface area contributed by atoms with E-state index in [-0.39, 0.29) is 18.1 Å². The quantitative estimate of drug-likeness (QED) is 0.851. The minimum atomic E-state index is -0.837. The van der Waals surface area contributed by atoms with Crippen LogP contribution in [0.2, 0.25) is 5.02 Å². The van der Waals surface area contributed by atoms with Gasteiger partial charge in [-0.1, -0.05) is 11.6 Å². The Bertz CT molecular complexity index is 413. The summed E-state index contributed by atoms with van der Waals surface area (Å²) in [5, 5.41) is 19.1. The monoisotopic (exact) mass is 240 g/mol. The van der Waals surface area contributed by atoms with Gasteiger partial charge in [-0.15, -0.1) is 0 Å². The molecule has 1 fully saturated rings. The molecular weight excluding hydrogens is 228 g/mol. The third kappa shape index (κ3) is 2.47. The van der Waals surface area contributed by atoms with Gasteiger partial charge in [-0.3, -0.25) is 4.79 Å². The lowest BCUT2D eigenvalue weighted by Gasteiger charge is -2.16. The van der Waals surface area contributed by atoms with Crippen LogP contribution in [0, 0.1) is 5.92 Å². The summed E-state index contributed by atoms with van der Waals surface area (Å²) in [6.45, 7) is 0. The van der Waals surface area contributed by atoms with Crippen molar-refractivity contribution in [3.05, 3.63) is 28.8 Å². The molecule has 0 aromatic heterocycles. The van der Waals surface area contributed by atoms with E-state index in [1.165, 1.54) is 6.07 Å². The summed E-state index contributed by atoms with van der Waals surface area (Å²) in [5.41, 5.74) is 0.664. The fourth-order valence-corrected chi connectivity index (χ4v) is 2.22. The second kappa shape index (κ2) is 4.34. The Morgan fingerprint density at radius 1 is 1.50 bits per heavy atom. The van der Waals surface area contributed by atoms with Crippen LogP contribution in [0.5, 0.6) is 5.75 Å². The lowest BCUT2D eigenvalue weighted by atomic mass is 9.90. The topological polar surface area (TPSA) is 57.5 Å². The third-order valence-electron chi connectivity index (χ3n) is 2.97. The van der Waals surface area contributed by atoms with Crippen molar-refractivity contribution in [3.63, 3.8) is 0 Å². The Morgan fingerprint density at radius 3 is 2.75 bits per heavy atom. The highest BCUT2D eigenvalue weighted by molar-refractivity contribution is 6.30. The molecule has 0 radical (unpaired) electrons. The lowest BCUT2D eigenvalue weighted by molar-refractivity contribution is -0.137. The zero-order valence-corrected chi connectivity index (χ0v) is 9.44. The van der Waals surface area contributed by atoms with Crippen LogP contribution in [0.3, 0.4) is 0 Å². The van der Waals surface area contributed by atoms with Gasteiger partial charge in [0, 0.05) is 10.9 Å². The van der Waals surface area contributed by atoms with Crippen molar-refractivity contribution < 1.29 is 15.0 Å². The predicted octanol–water partition coefficient (Wildman–Crippen LogP) is 3.01. The summed E-state index contributed by atoms with van der Waals surface area (Å²) in [6, 6.07) is 4.79. The first kappa shape index (κ1) is 11.3. The number of hydrogen-bond donors (Lipinski definition) is 2. The molecule has 0 aliphatic heterocycles. The molecule has 2 rings (SSSR count). The van der Waals surface area contributed by atoms with Crippen LogP contribution in [-0.4, -0.2) is 16.2 Å². The van der Waals surface area contributed by atoms with E-state index in [2.05, 4.69) is 0 Å². The number of aliphatic carboxylic acids is 1. The minimum Gasteiger partial charge on any atom is -0.508 e. The molecule has 2 N–H and O–H groups in total. The smallest absolute Gasteiger partial charge is 0.303 e. The summed E-state index contributed by atoms with van der Waals surface area (Å²) in [5.74, 6) is -0.435. The number of phenolic OH excluding ortho intramolecular Hbond substituents is 1. The summed E-state index contributed by atoms with van der Waals surface area (Å²) < 4.78 is 0. The Morgan fingerprint density at radius 2 is 2.19 bits per heavy atom. The summed E-state index contributed by atoms with van der Waals surface area (Å²) in [6.07, 6.45) is 2.12. The fourth-order valence-electron chi connectivity index (χ4n) is 2.04. The molecule has 16 heavy (non-hydrogen) atoms. The Hall–Kier alpha value is -1.22. The molecule has 4 heteroatoms.